The average molecular weight is 478 g/mol. The van der Waals surface area contributed by atoms with Crippen molar-refractivity contribution in [1.29, 1.82) is 0 Å². The molecule has 0 saturated carbocycles. The van der Waals surface area contributed by atoms with Gasteiger partial charge in [-0.25, -0.2) is 0 Å². The van der Waals surface area contributed by atoms with Crippen molar-refractivity contribution in [2.45, 2.75) is 6.54 Å². The molecule has 2 aromatic carbocycles. The van der Waals surface area contributed by atoms with Gasteiger partial charge in [0, 0.05) is 66.3 Å². The monoisotopic (exact) mass is 476 g/mol. The number of piperazine rings is 1. The highest BCUT2D eigenvalue weighted by Crippen LogP contribution is 2.29. The smallest absolute Gasteiger partial charge is 0.120 e. The van der Waals surface area contributed by atoms with Crippen LogP contribution in [-0.4, -0.2) is 41.2 Å². The maximum Gasteiger partial charge on any atom is 0.120 e. The van der Waals surface area contributed by atoms with E-state index in [0.29, 0.717) is 10.8 Å². The molecule has 0 unspecified atom stereocenters. The number of aromatic nitrogens is 1. The SMILES string of the molecule is Cl.Cl.Cl.Oc1ccc(Nc2ccnc3cc(Cl)ccc23)cc1CN1CCNCC1. The molecule has 0 amide bonds. The molecule has 0 bridgehead atoms. The Morgan fingerprint density at radius 1 is 1.03 bits per heavy atom. The van der Waals surface area contributed by atoms with Crippen molar-refractivity contribution in [3.63, 3.8) is 0 Å². The Labute approximate surface area is 194 Å². The lowest BCUT2D eigenvalue weighted by Gasteiger charge is -2.27. The topological polar surface area (TPSA) is 60.4 Å². The van der Waals surface area contributed by atoms with Crippen molar-refractivity contribution in [3.8, 4) is 5.75 Å². The minimum absolute atomic E-state index is 0. The van der Waals surface area contributed by atoms with E-state index in [1.54, 1.807) is 12.3 Å². The van der Waals surface area contributed by atoms with E-state index in [2.05, 4.69) is 20.5 Å². The summed E-state index contributed by atoms with van der Waals surface area (Å²) in [6.07, 6.45) is 1.77. The van der Waals surface area contributed by atoms with E-state index < -0.39 is 0 Å². The van der Waals surface area contributed by atoms with Crippen LogP contribution in [0.25, 0.3) is 10.9 Å². The van der Waals surface area contributed by atoms with Gasteiger partial charge in [0.1, 0.15) is 5.75 Å². The van der Waals surface area contributed by atoms with E-state index in [0.717, 1.165) is 60.6 Å². The maximum atomic E-state index is 10.2. The van der Waals surface area contributed by atoms with Crippen LogP contribution in [0.3, 0.4) is 0 Å². The van der Waals surface area contributed by atoms with Gasteiger partial charge < -0.3 is 15.7 Å². The second-order valence-corrected chi connectivity index (χ2v) is 6.95. The summed E-state index contributed by atoms with van der Waals surface area (Å²) in [5, 5.41) is 18.7. The zero-order valence-corrected chi connectivity index (χ0v) is 18.8. The highest BCUT2D eigenvalue weighted by molar-refractivity contribution is 6.31. The normalized spacial score (nSPS) is 13.7. The van der Waals surface area contributed by atoms with Crippen LogP contribution in [0.2, 0.25) is 5.02 Å². The van der Waals surface area contributed by atoms with Crippen LogP contribution in [-0.2, 0) is 6.54 Å². The van der Waals surface area contributed by atoms with E-state index in [9.17, 15) is 5.11 Å². The molecule has 5 nitrogen and oxygen atoms in total. The van der Waals surface area contributed by atoms with Crippen LogP contribution in [0, 0.1) is 0 Å². The number of hydrogen-bond donors (Lipinski definition) is 3. The first kappa shape index (κ1) is 25.6. The van der Waals surface area contributed by atoms with Crippen molar-refractivity contribution < 1.29 is 5.11 Å². The zero-order valence-electron chi connectivity index (χ0n) is 15.6. The molecule has 4 rings (SSSR count). The fourth-order valence-electron chi connectivity index (χ4n) is 3.29. The number of halogens is 4. The van der Waals surface area contributed by atoms with Crippen LogP contribution >= 0.6 is 48.8 Å². The standard InChI is InChI=1S/C20H21ClN4O.3ClH/c21-15-1-3-17-18(5-6-23-19(17)12-15)24-16-2-4-20(26)14(11-16)13-25-9-7-22-8-10-25;;;/h1-6,11-12,22,26H,7-10,13H2,(H,23,24);3*1H. The fourth-order valence-corrected chi connectivity index (χ4v) is 3.45. The van der Waals surface area contributed by atoms with Crippen molar-refractivity contribution in [3.05, 3.63) is 59.2 Å². The molecule has 3 N–H and O–H groups in total. The second kappa shape index (κ2) is 11.6. The summed E-state index contributed by atoms with van der Waals surface area (Å²) in [4.78, 5) is 6.72. The molecule has 0 spiro atoms. The van der Waals surface area contributed by atoms with Crippen LogP contribution in [0.5, 0.6) is 5.75 Å². The molecule has 2 heterocycles. The number of nitrogens with zero attached hydrogens (tertiary/aromatic N) is 2. The fraction of sp³-hybridized carbons (Fsp3) is 0.250. The minimum Gasteiger partial charge on any atom is -0.508 e. The highest BCUT2D eigenvalue weighted by Gasteiger charge is 2.13. The lowest BCUT2D eigenvalue weighted by Crippen LogP contribution is -2.42. The highest BCUT2D eigenvalue weighted by atomic mass is 35.5. The number of pyridine rings is 1. The Morgan fingerprint density at radius 3 is 2.55 bits per heavy atom. The largest absolute Gasteiger partial charge is 0.508 e. The number of phenolic OH excluding ortho intramolecular Hbond substituents is 1. The van der Waals surface area contributed by atoms with Crippen LogP contribution in [0.15, 0.2) is 48.7 Å². The third kappa shape index (κ3) is 6.25. The van der Waals surface area contributed by atoms with E-state index in [-0.39, 0.29) is 37.2 Å². The Balaban J connectivity index is 0.00000140. The molecule has 1 fully saturated rings. The van der Waals surface area contributed by atoms with Gasteiger partial charge in [0.05, 0.1) is 5.52 Å². The Bertz CT molecular complexity index is 935. The molecular formula is C20H24Cl4N4O. The second-order valence-electron chi connectivity index (χ2n) is 6.51. The lowest BCUT2D eigenvalue weighted by atomic mass is 10.1. The summed E-state index contributed by atoms with van der Waals surface area (Å²) < 4.78 is 0. The summed E-state index contributed by atoms with van der Waals surface area (Å²) in [6.45, 7) is 4.71. The summed E-state index contributed by atoms with van der Waals surface area (Å²) in [7, 11) is 0. The van der Waals surface area contributed by atoms with Gasteiger partial charge in [-0.2, -0.15) is 0 Å². The summed E-state index contributed by atoms with van der Waals surface area (Å²) in [6, 6.07) is 13.3. The van der Waals surface area contributed by atoms with Gasteiger partial charge in [-0.1, -0.05) is 11.6 Å². The number of benzene rings is 2. The molecule has 158 valence electrons. The van der Waals surface area contributed by atoms with E-state index in [1.165, 1.54) is 0 Å². The number of nitrogens with one attached hydrogen (secondary N) is 2. The molecule has 9 heteroatoms. The Hall–Kier alpha value is -1.47. The summed E-state index contributed by atoms with van der Waals surface area (Å²) in [5.74, 6) is 0.334. The molecule has 1 aromatic heterocycles. The Morgan fingerprint density at radius 2 is 1.79 bits per heavy atom. The predicted octanol–water partition coefficient (Wildman–Crippen LogP) is 5.01. The number of phenols is 1. The number of aromatic hydroxyl groups is 1. The quantitative estimate of drug-likeness (QED) is 0.461. The van der Waals surface area contributed by atoms with Crippen LogP contribution in [0.1, 0.15) is 5.56 Å². The number of anilines is 2. The van der Waals surface area contributed by atoms with Crippen LogP contribution in [0.4, 0.5) is 11.4 Å². The molecule has 0 radical (unpaired) electrons. The van der Waals surface area contributed by atoms with Crippen molar-refractivity contribution in [1.82, 2.24) is 15.2 Å². The van der Waals surface area contributed by atoms with Crippen molar-refractivity contribution >= 4 is 71.1 Å². The molecule has 0 atom stereocenters. The van der Waals surface area contributed by atoms with Crippen molar-refractivity contribution in [2.75, 3.05) is 31.5 Å². The first-order valence-electron chi connectivity index (χ1n) is 8.75. The minimum atomic E-state index is 0. The van der Waals surface area contributed by atoms with Gasteiger partial charge in [-0.05, 0) is 42.5 Å². The average Bonchev–Trinajstić information content (AvgIpc) is 2.65. The Kier molecular flexibility index (Phi) is 10.3. The van der Waals surface area contributed by atoms with E-state index in [1.807, 2.05) is 36.4 Å². The third-order valence-corrected chi connectivity index (χ3v) is 4.90. The first-order chi connectivity index (χ1) is 12.7. The zero-order chi connectivity index (χ0) is 17.9. The number of fused-ring (bicyclic) bond motifs is 1. The number of hydrogen-bond acceptors (Lipinski definition) is 5. The molecule has 29 heavy (non-hydrogen) atoms. The molecule has 1 aliphatic rings. The van der Waals surface area contributed by atoms with Crippen molar-refractivity contribution in [2.24, 2.45) is 0 Å². The molecular weight excluding hydrogens is 454 g/mol. The van der Waals surface area contributed by atoms with Gasteiger partial charge in [-0.3, -0.25) is 9.88 Å². The van der Waals surface area contributed by atoms with Gasteiger partial charge in [0.2, 0.25) is 0 Å². The van der Waals surface area contributed by atoms with Gasteiger partial charge in [0.15, 0.2) is 0 Å². The van der Waals surface area contributed by atoms with Gasteiger partial charge >= 0.3 is 0 Å². The lowest BCUT2D eigenvalue weighted by molar-refractivity contribution is 0.230. The number of rotatable bonds is 4. The summed E-state index contributed by atoms with van der Waals surface area (Å²) >= 11 is 6.06. The third-order valence-electron chi connectivity index (χ3n) is 4.67. The van der Waals surface area contributed by atoms with Crippen LogP contribution < -0.4 is 10.6 Å². The predicted molar refractivity (Wildman–Crippen MR) is 128 cm³/mol. The molecule has 1 aliphatic heterocycles. The van der Waals surface area contributed by atoms with Gasteiger partial charge in [0.25, 0.3) is 0 Å². The molecule has 0 aliphatic carbocycles. The van der Waals surface area contributed by atoms with E-state index >= 15 is 0 Å². The van der Waals surface area contributed by atoms with E-state index in [4.69, 9.17) is 11.6 Å². The first-order valence-corrected chi connectivity index (χ1v) is 9.13. The molecule has 1 saturated heterocycles. The maximum absolute atomic E-state index is 10.2. The summed E-state index contributed by atoms with van der Waals surface area (Å²) in [5.41, 5.74) is 3.68. The van der Waals surface area contributed by atoms with Gasteiger partial charge in [-0.15, -0.1) is 37.2 Å². The molecule has 3 aromatic rings.